The monoisotopic (exact) mass is 251 g/mol. The number of rotatable bonds is 6. The van der Waals surface area contributed by atoms with Crippen LogP contribution in [-0.4, -0.2) is 32.6 Å². The first-order valence-electron chi connectivity index (χ1n) is 5.85. The summed E-state index contributed by atoms with van der Waals surface area (Å²) in [5.41, 5.74) is 0. The number of aromatic nitrogens is 3. The van der Waals surface area contributed by atoms with Crippen LogP contribution in [0.2, 0.25) is 0 Å². The molecular weight excluding hydrogens is 234 g/mol. The molecular formula is C11H17N5S. The van der Waals surface area contributed by atoms with Gasteiger partial charge in [-0.05, 0) is 26.2 Å². The van der Waals surface area contributed by atoms with E-state index >= 15 is 0 Å². The molecule has 1 aromatic rings. The van der Waals surface area contributed by atoms with Gasteiger partial charge in [0.25, 0.3) is 0 Å². The second-order valence-electron chi connectivity index (χ2n) is 4.35. The van der Waals surface area contributed by atoms with Gasteiger partial charge in [-0.3, -0.25) is 5.32 Å². The molecule has 0 amide bonds. The summed E-state index contributed by atoms with van der Waals surface area (Å²) in [5, 5.41) is 21.3. The summed E-state index contributed by atoms with van der Waals surface area (Å²) < 4.78 is 1.97. The average molecular weight is 251 g/mol. The first-order chi connectivity index (χ1) is 8.20. The fraction of sp³-hybridized carbons (Fsp3) is 0.727. The van der Waals surface area contributed by atoms with Crippen LogP contribution in [0.4, 0.5) is 0 Å². The summed E-state index contributed by atoms with van der Waals surface area (Å²) in [5.74, 6) is 1.81. The highest BCUT2D eigenvalue weighted by Crippen LogP contribution is 2.21. The number of hydrogen-bond donors (Lipinski definition) is 1. The van der Waals surface area contributed by atoms with Gasteiger partial charge in [0.15, 0.2) is 5.16 Å². The van der Waals surface area contributed by atoms with Crippen molar-refractivity contribution in [2.45, 2.75) is 43.4 Å². The molecule has 0 aromatic carbocycles. The third-order valence-electron chi connectivity index (χ3n) is 2.86. The third-order valence-corrected chi connectivity index (χ3v) is 3.91. The summed E-state index contributed by atoms with van der Waals surface area (Å²) in [4.78, 5) is 0. The van der Waals surface area contributed by atoms with Crippen LogP contribution in [0, 0.1) is 18.3 Å². The van der Waals surface area contributed by atoms with E-state index in [1.807, 2.05) is 18.5 Å². The zero-order valence-electron chi connectivity index (χ0n) is 10.2. The SMILES string of the molecule is Cc1nnc(SCCC(C#N)NC2CC2)n1C. The van der Waals surface area contributed by atoms with Gasteiger partial charge in [0.2, 0.25) is 0 Å². The second-order valence-corrected chi connectivity index (χ2v) is 5.41. The van der Waals surface area contributed by atoms with Crippen molar-refractivity contribution in [1.82, 2.24) is 20.1 Å². The van der Waals surface area contributed by atoms with Gasteiger partial charge >= 0.3 is 0 Å². The van der Waals surface area contributed by atoms with E-state index in [1.54, 1.807) is 11.8 Å². The first kappa shape index (κ1) is 12.4. The Labute approximate surface area is 106 Å². The molecule has 2 rings (SSSR count). The normalized spacial score (nSPS) is 16.8. The van der Waals surface area contributed by atoms with Crippen molar-refractivity contribution in [3.8, 4) is 6.07 Å². The van der Waals surface area contributed by atoms with Gasteiger partial charge in [0.05, 0.1) is 12.1 Å². The topological polar surface area (TPSA) is 66.5 Å². The lowest BCUT2D eigenvalue weighted by Gasteiger charge is -2.09. The maximum Gasteiger partial charge on any atom is 0.190 e. The molecule has 1 aliphatic rings. The molecule has 5 nitrogen and oxygen atoms in total. The van der Waals surface area contributed by atoms with Crippen LogP contribution in [0.15, 0.2) is 5.16 Å². The molecule has 0 saturated heterocycles. The van der Waals surface area contributed by atoms with E-state index in [0.29, 0.717) is 6.04 Å². The summed E-state index contributed by atoms with van der Waals surface area (Å²) in [6.45, 7) is 1.93. The molecule has 0 spiro atoms. The zero-order chi connectivity index (χ0) is 12.3. The van der Waals surface area contributed by atoms with E-state index in [9.17, 15) is 0 Å². The average Bonchev–Trinajstić information content (AvgIpc) is 3.09. The van der Waals surface area contributed by atoms with Crippen LogP contribution in [0.5, 0.6) is 0 Å². The van der Waals surface area contributed by atoms with Crippen molar-refractivity contribution in [3.05, 3.63) is 5.82 Å². The van der Waals surface area contributed by atoms with Crippen molar-refractivity contribution >= 4 is 11.8 Å². The molecule has 0 bridgehead atoms. The lowest BCUT2D eigenvalue weighted by atomic mass is 10.2. The van der Waals surface area contributed by atoms with Gasteiger partial charge in [-0.15, -0.1) is 10.2 Å². The predicted molar refractivity (Wildman–Crippen MR) is 66.6 cm³/mol. The number of aryl methyl sites for hydroxylation is 1. The largest absolute Gasteiger partial charge is 0.309 e. The van der Waals surface area contributed by atoms with E-state index in [2.05, 4.69) is 21.6 Å². The van der Waals surface area contributed by atoms with Crippen LogP contribution >= 0.6 is 11.8 Å². The molecule has 17 heavy (non-hydrogen) atoms. The lowest BCUT2D eigenvalue weighted by molar-refractivity contribution is 0.586. The Hall–Kier alpha value is -1.06. The van der Waals surface area contributed by atoms with Gasteiger partial charge in [0.1, 0.15) is 5.82 Å². The fourth-order valence-electron chi connectivity index (χ4n) is 1.50. The molecule has 1 fully saturated rings. The molecule has 1 heterocycles. The quantitative estimate of drug-likeness (QED) is 0.771. The Bertz CT molecular complexity index is 418. The van der Waals surface area contributed by atoms with E-state index in [4.69, 9.17) is 5.26 Å². The zero-order valence-corrected chi connectivity index (χ0v) is 11.0. The van der Waals surface area contributed by atoms with Crippen molar-refractivity contribution in [1.29, 1.82) is 5.26 Å². The van der Waals surface area contributed by atoms with Crippen LogP contribution in [-0.2, 0) is 7.05 Å². The minimum Gasteiger partial charge on any atom is -0.309 e. The number of hydrogen-bond acceptors (Lipinski definition) is 5. The van der Waals surface area contributed by atoms with Gasteiger partial charge in [-0.2, -0.15) is 5.26 Å². The molecule has 1 aromatic heterocycles. The van der Waals surface area contributed by atoms with Crippen molar-refractivity contribution < 1.29 is 0 Å². The second kappa shape index (κ2) is 5.52. The smallest absolute Gasteiger partial charge is 0.190 e. The van der Waals surface area contributed by atoms with Crippen LogP contribution in [0.1, 0.15) is 25.1 Å². The summed E-state index contributed by atoms with van der Waals surface area (Å²) in [6.07, 6.45) is 3.28. The Morgan fingerprint density at radius 1 is 1.59 bits per heavy atom. The molecule has 6 heteroatoms. The lowest BCUT2D eigenvalue weighted by Crippen LogP contribution is -2.29. The molecule has 1 atom stereocenters. The Morgan fingerprint density at radius 3 is 2.88 bits per heavy atom. The van der Waals surface area contributed by atoms with Crippen LogP contribution in [0.3, 0.4) is 0 Å². The molecule has 1 N–H and O–H groups in total. The predicted octanol–water partition coefficient (Wildman–Crippen LogP) is 1.25. The molecule has 1 aliphatic carbocycles. The Balaban J connectivity index is 1.74. The van der Waals surface area contributed by atoms with Gasteiger partial charge < -0.3 is 4.57 Å². The summed E-state index contributed by atoms with van der Waals surface area (Å²) >= 11 is 1.66. The van der Waals surface area contributed by atoms with Gasteiger partial charge in [-0.25, -0.2) is 0 Å². The third kappa shape index (κ3) is 3.45. The molecule has 1 saturated carbocycles. The van der Waals surface area contributed by atoms with Crippen molar-refractivity contribution in [2.75, 3.05) is 5.75 Å². The van der Waals surface area contributed by atoms with Gasteiger partial charge in [0, 0.05) is 18.8 Å². The maximum atomic E-state index is 9.00. The van der Waals surface area contributed by atoms with Crippen molar-refractivity contribution in [3.63, 3.8) is 0 Å². The van der Waals surface area contributed by atoms with Crippen LogP contribution < -0.4 is 5.32 Å². The minimum absolute atomic E-state index is 0.0238. The van der Waals surface area contributed by atoms with Crippen molar-refractivity contribution in [2.24, 2.45) is 7.05 Å². The van der Waals surface area contributed by atoms with Crippen LogP contribution in [0.25, 0.3) is 0 Å². The highest BCUT2D eigenvalue weighted by molar-refractivity contribution is 7.99. The summed E-state index contributed by atoms with van der Waals surface area (Å²) in [6, 6.07) is 2.87. The first-order valence-corrected chi connectivity index (χ1v) is 6.83. The highest BCUT2D eigenvalue weighted by atomic mass is 32.2. The maximum absolute atomic E-state index is 9.00. The summed E-state index contributed by atoms with van der Waals surface area (Å²) in [7, 11) is 1.96. The highest BCUT2D eigenvalue weighted by Gasteiger charge is 2.24. The van der Waals surface area contributed by atoms with Gasteiger partial charge in [-0.1, -0.05) is 11.8 Å². The standard InChI is InChI=1S/C11H17N5S/c1-8-14-15-11(16(8)2)17-6-5-10(7-12)13-9-3-4-9/h9-10,13H,3-6H2,1-2H3. The number of thioether (sulfide) groups is 1. The molecule has 0 aliphatic heterocycles. The van der Waals surface area contributed by atoms with E-state index in [1.165, 1.54) is 12.8 Å². The fourth-order valence-corrected chi connectivity index (χ4v) is 2.46. The molecule has 1 unspecified atom stereocenters. The van der Waals surface area contributed by atoms with E-state index in [-0.39, 0.29) is 6.04 Å². The number of nitriles is 1. The Kier molecular flexibility index (Phi) is 4.02. The molecule has 0 radical (unpaired) electrons. The Morgan fingerprint density at radius 2 is 2.35 bits per heavy atom. The van der Waals surface area contributed by atoms with E-state index < -0.39 is 0 Å². The number of nitrogens with one attached hydrogen (secondary N) is 1. The minimum atomic E-state index is -0.0238. The number of nitrogens with zero attached hydrogens (tertiary/aromatic N) is 4. The van der Waals surface area contributed by atoms with E-state index in [0.717, 1.165) is 23.2 Å². The molecule has 92 valence electrons.